The first-order valence-corrected chi connectivity index (χ1v) is 6.93. The summed E-state index contributed by atoms with van der Waals surface area (Å²) in [5.41, 5.74) is 1.35. The Morgan fingerprint density at radius 2 is 2.06 bits per heavy atom. The van der Waals surface area contributed by atoms with Gasteiger partial charge in [-0.15, -0.1) is 0 Å². The highest BCUT2D eigenvalue weighted by atomic mass is 32.2. The average molecular weight is 256 g/mol. The van der Waals surface area contributed by atoms with E-state index in [1.165, 1.54) is 10.5 Å². The van der Waals surface area contributed by atoms with E-state index in [-0.39, 0.29) is 0 Å². The number of nitrogens with zero attached hydrogens (tertiary/aromatic N) is 2. The van der Waals surface area contributed by atoms with E-state index in [4.69, 9.17) is 0 Å². The van der Waals surface area contributed by atoms with Gasteiger partial charge in [-0.1, -0.05) is 0 Å². The average Bonchev–Trinajstić information content (AvgIpc) is 2.33. The van der Waals surface area contributed by atoms with Crippen LogP contribution in [0.1, 0.15) is 5.69 Å². The lowest BCUT2D eigenvalue weighted by Gasteiger charge is -2.26. The highest BCUT2D eigenvalue weighted by Crippen LogP contribution is 2.11. The first-order valence-electron chi connectivity index (χ1n) is 5.49. The van der Waals surface area contributed by atoms with Crippen molar-refractivity contribution in [3.63, 3.8) is 0 Å². The zero-order valence-electron chi connectivity index (χ0n) is 9.68. The molecule has 0 aliphatic carbocycles. The molecule has 0 unspecified atom stereocenters. The van der Waals surface area contributed by atoms with Gasteiger partial charge in [0.25, 0.3) is 0 Å². The number of anilines is 1. The molecule has 17 heavy (non-hydrogen) atoms. The second-order valence-electron chi connectivity index (χ2n) is 3.94. The lowest BCUT2D eigenvalue weighted by Crippen LogP contribution is -2.48. The molecule has 2 rings (SSSR count). The predicted octanol–water partition coefficient (Wildman–Crippen LogP) is -0.0481. The molecule has 0 amide bonds. The third-order valence-corrected chi connectivity index (χ3v) is 4.11. The second-order valence-corrected chi connectivity index (χ2v) is 5.62. The van der Waals surface area contributed by atoms with E-state index in [1.54, 1.807) is 12.1 Å². The molecule has 2 heterocycles. The molecule has 0 atom stereocenters. The number of hydrogen-bond acceptors (Lipinski definition) is 4. The zero-order valence-corrected chi connectivity index (χ0v) is 10.5. The van der Waals surface area contributed by atoms with Crippen LogP contribution < -0.4 is 10.0 Å². The van der Waals surface area contributed by atoms with Gasteiger partial charge in [0.1, 0.15) is 0 Å². The van der Waals surface area contributed by atoms with Gasteiger partial charge in [0.15, 0.2) is 0 Å². The molecule has 1 aliphatic rings. The molecule has 0 aromatic carbocycles. The van der Waals surface area contributed by atoms with Gasteiger partial charge in [0.2, 0.25) is 0 Å². The summed E-state index contributed by atoms with van der Waals surface area (Å²) in [6.07, 6.45) is 1.52. The Morgan fingerprint density at radius 1 is 1.35 bits per heavy atom. The molecule has 0 saturated carbocycles. The molecule has 0 bridgehead atoms. The fourth-order valence-corrected chi connectivity index (χ4v) is 2.84. The summed E-state index contributed by atoms with van der Waals surface area (Å²) in [4.78, 5) is 4.05. The summed E-state index contributed by atoms with van der Waals surface area (Å²) in [6.45, 7) is 4.22. The third kappa shape index (κ3) is 3.15. The van der Waals surface area contributed by atoms with Crippen molar-refractivity contribution in [2.45, 2.75) is 6.92 Å². The van der Waals surface area contributed by atoms with Crippen LogP contribution in [0.25, 0.3) is 0 Å². The number of aryl methyl sites for hydroxylation is 1. The maximum atomic E-state index is 12.0. The first kappa shape index (κ1) is 12.3. The van der Waals surface area contributed by atoms with E-state index in [1.807, 2.05) is 6.92 Å². The van der Waals surface area contributed by atoms with Gasteiger partial charge in [0, 0.05) is 31.9 Å². The molecule has 0 radical (unpaired) electrons. The molecule has 7 heteroatoms. The molecular weight excluding hydrogens is 240 g/mol. The van der Waals surface area contributed by atoms with Crippen LogP contribution in [0, 0.1) is 6.92 Å². The van der Waals surface area contributed by atoms with Crippen LogP contribution in [-0.2, 0) is 10.2 Å². The van der Waals surface area contributed by atoms with Gasteiger partial charge in [0.05, 0.1) is 11.9 Å². The molecule has 94 valence electrons. The van der Waals surface area contributed by atoms with E-state index < -0.39 is 10.2 Å². The summed E-state index contributed by atoms with van der Waals surface area (Å²) in [5.74, 6) is 0. The van der Waals surface area contributed by atoms with Crippen molar-refractivity contribution in [1.82, 2.24) is 14.6 Å². The maximum Gasteiger partial charge on any atom is 0.301 e. The molecule has 1 aromatic heterocycles. The Balaban J connectivity index is 2.08. The Bertz CT molecular complexity index is 466. The largest absolute Gasteiger partial charge is 0.314 e. The lowest BCUT2D eigenvalue weighted by molar-refractivity contribution is 0.362. The summed E-state index contributed by atoms with van der Waals surface area (Å²) in [5, 5.41) is 3.11. The second kappa shape index (κ2) is 4.99. The van der Waals surface area contributed by atoms with E-state index in [0.29, 0.717) is 31.9 Å². The van der Waals surface area contributed by atoms with Crippen LogP contribution in [0.4, 0.5) is 5.69 Å². The summed E-state index contributed by atoms with van der Waals surface area (Å²) < 4.78 is 28.0. The van der Waals surface area contributed by atoms with Crippen LogP contribution >= 0.6 is 0 Å². The van der Waals surface area contributed by atoms with E-state index in [9.17, 15) is 8.42 Å². The van der Waals surface area contributed by atoms with Crippen molar-refractivity contribution in [2.24, 2.45) is 0 Å². The van der Waals surface area contributed by atoms with E-state index in [0.717, 1.165) is 5.69 Å². The van der Waals surface area contributed by atoms with Crippen LogP contribution in [0.5, 0.6) is 0 Å². The van der Waals surface area contributed by atoms with Crippen molar-refractivity contribution >= 4 is 15.9 Å². The van der Waals surface area contributed by atoms with Crippen molar-refractivity contribution in [3.05, 3.63) is 24.0 Å². The lowest BCUT2D eigenvalue weighted by atomic mass is 10.4. The minimum absolute atomic E-state index is 0.495. The summed E-state index contributed by atoms with van der Waals surface area (Å²) >= 11 is 0. The van der Waals surface area contributed by atoms with Crippen LogP contribution in [-0.4, -0.2) is 43.9 Å². The fraction of sp³-hybridized carbons (Fsp3) is 0.500. The molecule has 6 nitrogen and oxygen atoms in total. The van der Waals surface area contributed by atoms with Gasteiger partial charge < -0.3 is 5.32 Å². The number of pyridine rings is 1. The normalized spacial score (nSPS) is 17.9. The van der Waals surface area contributed by atoms with Gasteiger partial charge >= 0.3 is 10.2 Å². The van der Waals surface area contributed by atoms with Crippen molar-refractivity contribution in [1.29, 1.82) is 0 Å². The van der Waals surface area contributed by atoms with Gasteiger partial charge in [-0.25, -0.2) is 0 Å². The van der Waals surface area contributed by atoms with Crippen molar-refractivity contribution in [3.8, 4) is 0 Å². The SMILES string of the molecule is Cc1ccc(NS(=O)(=O)N2CCNCC2)cn1. The number of hydrogen-bond donors (Lipinski definition) is 2. The fourth-order valence-electron chi connectivity index (χ4n) is 1.63. The number of piperazine rings is 1. The Labute approximate surface area is 101 Å². The first-order chi connectivity index (χ1) is 8.08. The quantitative estimate of drug-likeness (QED) is 0.795. The molecule has 0 spiro atoms. The Hall–Kier alpha value is -1.18. The zero-order chi connectivity index (χ0) is 12.3. The predicted molar refractivity (Wildman–Crippen MR) is 66.0 cm³/mol. The third-order valence-electron chi connectivity index (χ3n) is 2.57. The number of nitrogens with one attached hydrogen (secondary N) is 2. The van der Waals surface area contributed by atoms with Gasteiger partial charge in [-0.2, -0.15) is 12.7 Å². The topological polar surface area (TPSA) is 74.3 Å². The van der Waals surface area contributed by atoms with Crippen LogP contribution in [0.3, 0.4) is 0 Å². The molecular formula is C10H16N4O2S. The molecule has 1 aliphatic heterocycles. The van der Waals surface area contributed by atoms with Crippen LogP contribution in [0.15, 0.2) is 18.3 Å². The number of rotatable bonds is 3. The minimum Gasteiger partial charge on any atom is -0.314 e. The van der Waals surface area contributed by atoms with Crippen LogP contribution in [0.2, 0.25) is 0 Å². The highest BCUT2D eigenvalue weighted by molar-refractivity contribution is 7.90. The molecule has 1 saturated heterocycles. The smallest absolute Gasteiger partial charge is 0.301 e. The molecule has 1 fully saturated rings. The number of aromatic nitrogens is 1. The maximum absolute atomic E-state index is 12.0. The monoisotopic (exact) mass is 256 g/mol. The van der Waals surface area contributed by atoms with Crippen molar-refractivity contribution in [2.75, 3.05) is 30.9 Å². The summed E-state index contributed by atoms with van der Waals surface area (Å²) in [6, 6.07) is 3.48. The van der Waals surface area contributed by atoms with Gasteiger partial charge in [-0.3, -0.25) is 9.71 Å². The standard InChI is InChI=1S/C10H16N4O2S/c1-9-2-3-10(8-12-9)13-17(15,16)14-6-4-11-5-7-14/h2-3,8,11,13H,4-7H2,1H3. The highest BCUT2D eigenvalue weighted by Gasteiger charge is 2.23. The molecule has 2 N–H and O–H groups in total. The van der Waals surface area contributed by atoms with E-state index in [2.05, 4.69) is 15.0 Å². The summed E-state index contributed by atoms with van der Waals surface area (Å²) in [7, 11) is -3.45. The Morgan fingerprint density at radius 3 is 2.65 bits per heavy atom. The van der Waals surface area contributed by atoms with Crippen molar-refractivity contribution < 1.29 is 8.42 Å². The van der Waals surface area contributed by atoms with Gasteiger partial charge in [-0.05, 0) is 19.1 Å². The van der Waals surface area contributed by atoms with E-state index >= 15 is 0 Å². The molecule has 1 aromatic rings. The Kier molecular flexibility index (Phi) is 3.60. The minimum atomic E-state index is -3.45.